The largest absolute Gasteiger partial charge is 0.382 e. The highest BCUT2D eigenvalue weighted by Crippen LogP contribution is 2.14. The molecule has 0 aromatic rings. The molecule has 0 bridgehead atoms. The third kappa shape index (κ3) is 3.13. The minimum absolute atomic E-state index is 0.0833. The Morgan fingerprint density at radius 3 is 2.08 bits per heavy atom. The fraction of sp³-hybridized carbons (Fsp3) is 0.778. The van der Waals surface area contributed by atoms with Crippen molar-refractivity contribution in [2.24, 2.45) is 5.92 Å². The van der Waals surface area contributed by atoms with Gasteiger partial charge in [0.05, 0.1) is 0 Å². The molecule has 0 radical (unpaired) electrons. The lowest BCUT2D eigenvalue weighted by Gasteiger charge is -2.19. The quantitative estimate of drug-likeness (QED) is 0.686. The van der Waals surface area contributed by atoms with Gasteiger partial charge in [0.15, 0.2) is 5.78 Å². The average molecular weight is 172 g/mol. The third-order valence-corrected chi connectivity index (χ3v) is 1.92. The van der Waals surface area contributed by atoms with E-state index in [2.05, 4.69) is 0 Å². The standard InChI is InChI=1S/C9H16O3/c1-6(2)8(11)5-9(4,12)7(3)10/h6,12H,5H2,1-4H3. The average Bonchev–Trinajstić information content (AvgIpc) is 1.85. The first kappa shape index (κ1) is 11.3. The van der Waals surface area contributed by atoms with Gasteiger partial charge >= 0.3 is 0 Å². The summed E-state index contributed by atoms with van der Waals surface area (Å²) in [5, 5.41) is 9.44. The number of carbonyl (C=O) groups is 2. The van der Waals surface area contributed by atoms with Crippen LogP contribution in [0.15, 0.2) is 0 Å². The molecule has 0 aromatic carbocycles. The molecule has 12 heavy (non-hydrogen) atoms. The zero-order valence-corrected chi connectivity index (χ0v) is 8.05. The fourth-order valence-corrected chi connectivity index (χ4v) is 0.668. The summed E-state index contributed by atoms with van der Waals surface area (Å²) < 4.78 is 0. The summed E-state index contributed by atoms with van der Waals surface area (Å²) >= 11 is 0. The van der Waals surface area contributed by atoms with Crippen LogP contribution in [0, 0.1) is 5.92 Å². The van der Waals surface area contributed by atoms with E-state index in [9.17, 15) is 14.7 Å². The Morgan fingerprint density at radius 2 is 1.83 bits per heavy atom. The molecule has 0 aromatic heterocycles. The first-order valence-electron chi connectivity index (χ1n) is 4.03. The van der Waals surface area contributed by atoms with Gasteiger partial charge in [-0.15, -0.1) is 0 Å². The van der Waals surface area contributed by atoms with Gasteiger partial charge in [-0.3, -0.25) is 9.59 Å². The Morgan fingerprint density at radius 1 is 1.42 bits per heavy atom. The predicted octanol–water partition coefficient (Wildman–Crippen LogP) is 0.942. The zero-order valence-electron chi connectivity index (χ0n) is 8.05. The van der Waals surface area contributed by atoms with Crippen LogP contribution in [0.3, 0.4) is 0 Å². The lowest BCUT2D eigenvalue weighted by Crippen LogP contribution is -2.36. The van der Waals surface area contributed by atoms with Crippen LogP contribution < -0.4 is 0 Å². The Bertz CT molecular complexity index is 192. The molecule has 3 heteroatoms. The van der Waals surface area contributed by atoms with Gasteiger partial charge in [0.2, 0.25) is 0 Å². The normalized spacial score (nSPS) is 15.8. The number of rotatable bonds is 4. The van der Waals surface area contributed by atoms with Crippen LogP contribution >= 0.6 is 0 Å². The van der Waals surface area contributed by atoms with Crippen molar-refractivity contribution in [2.75, 3.05) is 0 Å². The number of aliphatic hydroxyl groups is 1. The molecule has 1 N–H and O–H groups in total. The Balaban J connectivity index is 4.25. The minimum atomic E-state index is -1.48. The van der Waals surface area contributed by atoms with Crippen molar-refractivity contribution in [3.8, 4) is 0 Å². The third-order valence-electron chi connectivity index (χ3n) is 1.92. The number of ketones is 2. The smallest absolute Gasteiger partial charge is 0.161 e. The van der Waals surface area contributed by atoms with Crippen molar-refractivity contribution >= 4 is 11.6 Å². The van der Waals surface area contributed by atoms with E-state index in [1.807, 2.05) is 0 Å². The molecule has 0 amide bonds. The van der Waals surface area contributed by atoms with Gasteiger partial charge in [-0.05, 0) is 13.8 Å². The molecular weight excluding hydrogens is 156 g/mol. The summed E-state index contributed by atoms with van der Waals surface area (Å²) in [5.41, 5.74) is -1.48. The lowest BCUT2D eigenvalue weighted by molar-refractivity contribution is -0.140. The van der Waals surface area contributed by atoms with Crippen LogP contribution in [0.2, 0.25) is 0 Å². The monoisotopic (exact) mass is 172 g/mol. The summed E-state index contributed by atoms with van der Waals surface area (Å²) in [6.45, 7) is 6.15. The fourth-order valence-electron chi connectivity index (χ4n) is 0.668. The van der Waals surface area contributed by atoms with Crippen molar-refractivity contribution < 1.29 is 14.7 Å². The van der Waals surface area contributed by atoms with Crippen LogP contribution in [-0.4, -0.2) is 22.3 Å². The van der Waals surface area contributed by atoms with Crippen LogP contribution in [0.25, 0.3) is 0 Å². The molecule has 0 heterocycles. The Kier molecular flexibility index (Phi) is 3.58. The molecule has 1 atom stereocenters. The molecule has 0 aliphatic heterocycles. The molecule has 3 nitrogen and oxygen atoms in total. The molecular formula is C9H16O3. The summed E-state index contributed by atoms with van der Waals surface area (Å²) in [4.78, 5) is 22.0. The van der Waals surface area contributed by atoms with Gasteiger partial charge in [-0.25, -0.2) is 0 Å². The van der Waals surface area contributed by atoms with Gasteiger partial charge in [-0.1, -0.05) is 13.8 Å². The number of hydrogen-bond acceptors (Lipinski definition) is 3. The van der Waals surface area contributed by atoms with E-state index in [0.29, 0.717) is 0 Å². The van der Waals surface area contributed by atoms with E-state index in [1.54, 1.807) is 13.8 Å². The summed E-state index contributed by atoms with van der Waals surface area (Å²) in [7, 11) is 0. The second-order valence-electron chi connectivity index (χ2n) is 3.63. The highest BCUT2D eigenvalue weighted by atomic mass is 16.3. The van der Waals surface area contributed by atoms with E-state index in [0.717, 1.165) is 0 Å². The summed E-state index contributed by atoms with van der Waals surface area (Å²) in [6.07, 6.45) is -0.0833. The molecule has 0 saturated heterocycles. The molecule has 0 rings (SSSR count). The van der Waals surface area contributed by atoms with Gasteiger partial charge in [-0.2, -0.15) is 0 Å². The minimum Gasteiger partial charge on any atom is -0.382 e. The maximum absolute atomic E-state index is 11.2. The topological polar surface area (TPSA) is 54.4 Å². The second kappa shape index (κ2) is 3.81. The predicted molar refractivity (Wildman–Crippen MR) is 45.8 cm³/mol. The van der Waals surface area contributed by atoms with E-state index in [1.165, 1.54) is 13.8 Å². The van der Waals surface area contributed by atoms with Crippen LogP contribution in [0.4, 0.5) is 0 Å². The van der Waals surface area contributed by atoms with Gasteiger partial charge in [0.1, 0.15) is 11.4 Å². The highest BCUT2D eigenvalue weighted by Gasteiger charge is 2.29. The summed E-state index contributed by atoms with van der Waals surface area (Å²) in [6, 6.07) is 0. The molecule has 0 saturated carbocycles. The first-order valence-corrected chi connectivity index (χ1v) is 4.03. The number of carbonyl (C=O) groups excluding carboxylic acids is 2. The molecule has 1 unspecified atom stereocenters. The van der Waals surface area contributed by atoms with Crippen molar-refractivity contribution in [3.63, 3.8) is 0 Å². The highest BCUT2D eigenvalue weighted by molar-refractivity contribution is 5.91. The molecule has 0 spiro atoms. The van der Waals surface area contributed by atoms with Crippen LogP contribution in [0.1, 0.15) is 34.1 Å². The van der Waals surface area contributed by atoms with Gasteiger partial charge < -0.3 is 5.11 Å². The van der Waals surface area contributed by atoms with E-state index >= 15 is 0 Å². The maximum atomic E-state index is 11.2. The number of Topliss-reactive ketones (excluding diaryl/α,β-unsaturated/α-hetero) is 2. The molecule has 0 aliphatic carbocycles. The van der Waals surface area contributed by atoms with Gasteiger partial charge in [0.25, 0.3) is 0 Å². The molecule has 0 fully saturated rings. The zero-order chi connectivity index (χ0) is 9.94. The van der Waals surface area contributed by atoms with E-state index in [-0.39, 0.29) is 23.9 Å². The van der Waals surface area contributed by atoms with Gasteiger partial charge in [0, 0.05) is 12.3 Å². The molecule has 0 aliphatic rings. The molecule has 70 valence electrons. The summed E-state index contributed by atoms with van der Waals surface area (Å²) in [5.74, 6) is -0.581. The number of hydrogen-bond donors (Lipinski definition) is 1. The Hall–Kier alpha value is -0.700. The van der Waals surface area contributed by atoms with Crippen LogP contribution in [0.5, 0.6) is 0 Å². The van der Waals surface area contributed by atoms with Crippen molar-refractivity contribution in [1.82, 2.24) is 0 Å². The van der Waals surface area contributed by atoms with E-state index < -0.39 is 5.60 Å². The lowest BCUT2D eigenvalue weighted by atomic mass is 9.91. The Labute approximate surface area is 72.8 Å². The SMILES string of the molecule is CC(=O)C(C)(O)CC(=O)C(C)C. The van der Waals surface area contributed by atoms with Crippen molar-refractivity contribution in [2.45, 2.75) is 39.7 Å². The maximum Gasteiger partial charge on any atom is 0.161 e. The second-order valence-corrected chi connectivity index (χ2v) is 3.63. The first-order chi connectivity index (χ1) is 5.27. The van der Waals surface area contributed by atoms with E-state index in [4.69, 9.17) is 0 Å². The van der Waals surface area contributed by atoms with Crippen molar-refractivity contribution in [3.05, 3.63) is 0 Å². The van der Waals surface area contributed by atoms with Crippen LogP contribution in [-0.2, 0) is 9.59 Å². The van der Waals surface area contributed by atoms with Crippen molar-refractivity contribution in [1.29, 1.82) is 0 Å².